The minimum Gasteiger partial charge on any atom is -0.339 e. The van der Waals surface area contributed by atoms with Crippen LogP contribution in [-0.2, 0) is 6.42 Å². The Labute approximate surface area is 196 Å². The largest absolute Gasteiger partial charge is 0.339 e. The maximum Gasteiger partial charge on any atom is 0.256 e. The van der Waals surface area contributed by atoms with Crippen LogP contribution in [0.2, 0.25) is 0 Å². The molecule has 0 saturated carbocycles. The van der Waals surface area contributed by atoms with Crippen molar-refractivity contribution in [3.8, 4) is 11.1 Å². The molecule has 1 N–H and O–H groups in total. The van der Waals surface area contributed by atoms with Crippen LogP contribution in [0.4, 0.5) is 5.69 Å². The number of nitrogens with one attached hydrogen (secondary N) is 1. The van der Waals surface area contributed by atoms with Gasteiger partial charge >= 0.3 is 0 Å². The highest BCUT2D eigenvalue weighted by atomic mass is 16.2. The highest BCUT2D eigenvalue weighted by Crippen LogP contribution is 2.35. The number of amides is 1. The van der Waals surface area contributed by atoms with Crippen molar-refractivity contribution < 1.29 is 4.79 Å². The fourth-order valence-corrected chi connectivity index (χ4v) is 4.35. The van der Waals surface area contributed by atoms with E-state index in [0.717, 1.165) is 33.8 Å². The van der Waals surface area contributed by atoms with Gasteiger partial charge < -0.3 is 4.90 Å². The van der Waals surface area contributed by atoms with Crippen LogP contribution in [0, 0.1) is 6.92 Å². The predicted octanol–water partition coefficient (Wildman–Crippen LogP) is 6.41. The molecule has 0 aliphatic heterocycles. The van der Waals surface area contributed by atoms with E-state index in [9.17, 15) is 4.79 Å². The molecule has 0 aliphatic rings. The van der Waals surface area contributed by atoms with Crippen LogP contribution in [0.3, 0.4) is 0 Å². The van der Waals surface area contributed by atoms with E-state index in [-0.39, 0.29) is 5.91 Å². The molecule has 0 bridgehead atoms. The SMILES string of the molecule is CCN(CC)C(=O)c1c(-c2ccccc2)c(Cc2ccccc2)n(Nc2ccccc2)c1C. The van der Waals surface area contributed by atoms with Gasteiger partial charge in [0.25, 0.3) is 5.91 Å². The number of para-hydroxylation sites is 1. The number of anilines is 1. The van der Waals surface area contributed by atoms with Crippen LogP contribution in [0.1, 0.15) is 41.2 Å². The third kappa shape index (κ3) is 4.70. The fourth-order valence-electron chi connectivity index (χ4n) is 4.35. The first-order valence-electron chi connectivity index (χ1n) is 11.6. The molecule has 3 aromatic carbocycles. The van der Waals surface area contributed by atoms with Crippen LogP contribution >= 0.6 is 0 Å². The van der Waals surface area contributed by atoms with Crippen LogP contribution in [0.15, 0.2) is 91.0 Å². The monoisotopic (exact) mass is 437 g/mol. The minimum absolute atomic E-state index is 0.0688. The first-order chi connectivity index (χ1) is 16.1. The normalized spacial score (nSPS) is 10.8. The average molecular weight is 438 g/mol. The van der Waals surface area contributed by atoms with Crippen LogP contribution in [-0.4, -0.2) is 28.6 Å². The van der Waals surface area contributed by atoms with E-state index in [0.29, 0.717) is 19.5 Å². The molecule has 4 heteroatoms. The van der Waals surface area contributed by atoms with E-state index in [1.54, 1.807) is 0 Å². The van der Waals surface area contributed by atoms with Gasteiger partial charge in [0, 0.05) is 25.1 Å². The highest BCUT2D eigenvalue weighted by molar-refractivity contribution is 6.03. The summed E-state index contributed by atoms with van der Waals surface area (Å²) in [4.78, 5) is 15.7. The summed E-state index contributed by atoms with van der Waals surface area (Å²) < 4.78 is 2.10. The Hall–Kier alpha value is -3.79. The van der Waals surface area contributed by atoms with Gasteiger partial charge in [-0.1, -0.05) is 78.9 Å². The Bertz CT molecular complexity index is 1190. The number of carbonyl (C=O) groups excluding carboxylic acids is 1. The molecule has 0 unspecified atom stereocenters. The summed E-state index contributed by atoms with van der Waals surface area (Å²) in [5.41, 5.74) is 10.5. The highest BCUT2D eigenvalue weighted by Gasteiger charge is 2.28. The molecule has 4 nitrogen and oxygen atoms in total. The van der Waals surface area contributed by atoms with E-state index < -0.39 is 0 Å². The summed E-state index contributed by atoms with van der Waals surface area (Å²) in [7, 11) is 0. The number of benzene rings is 3. The molecule has 1 heterocycles. The summed E-state index contributed by atoms with van der Waals surface area (Å²) in [6, 6.07) is 30.8. The number of hydrogen-bond donors (Lipinski definition) is 1. The van der Waals surface area contributed by atoms with Crippen LogP contribution in [0.5, 0.6) is 0 Å². The summed E-state index contributed by atoms with van der Waals surface area (Å²) >= 11 is 0. The van der Waals surface area contributed by atoms with Crippen molar-refractivity contribution in [3.05, 3.63) is 114 Å². The average Bonchev–Trinajstić information content (AvgIpc) is 3.12. The minimum atomic E-state index is 0.0688. The topological polar surface area (TPSA) is 37.3 Å². The molecule has 0 aliphatic carbocycles. The number of nitrogens with zero attached hydrogens (tertiary/aromatic N) is 2. The zero-order valence-electron chi connectivity index (χ0n) is 19.6. The van der Waals surface area contributed by atoms with Crippen molar-refractivity contribution in [2.45, 2.75) is 27.2 Å². The lowest BCUT2D eigenvalue weighted by molar-refractivity contribution is 0.0773. The van der Waals surface area contributed by atoms with Gasteiger partial charge in [0.05, 0.1) is 22.6 Å². The Kier molecular flexibility index (Phi) is 6.94. The van der Waals surface area contributed by atoms with E-state index in [2.05, 4.69) is 46.5 Å². The van der Waals surface area contributed by atoms with Gasteiger partial charge in [-0.2, -0.15) is 0 Å². The molecule has 0 atom stereocenters. The lowest BCUT2D eigenvalue weighted by Crippen LogP contribution is -2.31. The fraction of sp³-hybridized carbons (Fsp3) is 0.207. The number of carbonyl (C=O) groups is 1. The molecule has 0 radical (unpaired) electrons. The first-order valence-corrected chi connectivity index (χ1v) is 11.6. The predicted molar refractivity (Wildman–Crippen MR) is 137 cm³/mol. The second kappa shape index (κ2) is 10.2. The van der Waals surface area contributed by atoms with Crippen molar-refractivity contribution in [1.29, 1.82) is 0 Å². The molecule has 33 heavy (non-hydrogen) atoms. The summed E-state index contributed by atoms with van der Waals surface area (Å²) in [5, 5.41) is 0. The quantitative estimate of drug-likeness (QED) is 0.346. The molecule has 4 aromatic rings. The third-order valence-electron chi connectivity index (χ3n) is 6.06. The van der Waals surface area contributed by atoms with Crippen molar-refractivity contribution in [1.82, 2.24) is 9.58 Å². The third-order valence-corrected chi connectivity index (χ3v) is 6.06. The molecule has 1 amide bonds. The molecular weight excluding hydrogens is 406 g/mol. The first kappa shape index (κ1) is 22.4. The Balaban J connectivity index is 1.97. The van der Waals surface area contributed by atoms with Crippen molar-refractivity contribution in [2.24, 2.45) is 0 Å². The zero-order valence-corrected chi connectivity index (χ0v) is 19.6. The van der Waals surface area contributed by atoms with Gasteiger partial charge in [0.2, 0.25) is 0 Å². The van der Waals surface area contributed by atoms with Gasteiger partial charge in [-0.25, -0.2) is 0 Å². The van der Waals surface area contributed by atoms with Gasteiger partial charge in [0.1, 0.15) is 0 Å². The van der Waals surface area contributed by atoms with Crippen molar-refractivity contribution in [3.63, 3.8) is 0 Å². The number of hydrogen-bond acceptors (Lipinski definition) is 2. The lowest BCUT2D eigenvalue weighted by atomic mass is 9.96. The van der Waals surface area contributed by atoms with Gasteiger partial charge in [-0.05, 0) is 44.0 Å². The van der Waals surface area contributed by atoms with Crippen molar-refractivity contribution in [2.75, 3.05) is 18.5 Å². The van der Waals surface area contributed by atoms with Gasteiger partial charge in [-0.15, -0.1) is 0 Å². The van der Waals surface area contributed by atoms with E-state index >= 15 is 0 Å². The van der Waals surface area contributed by atoms with E-state index in [1.807, 2.05) is 80.3 Å². The van der Waals surface area contributed by atoms with E-state index in [4.69, 9.17) is 0 Å². The molecular formula is C29H31N3O. The van der Waals surface area contributed by atoms with Gasteiger partial charge in [-0.3, -0.25) is 14.9 Å². The van der Waals surface area contributed by atoms with Crippen LogP contribution in [0.25, 0.3) is 11.1 Å². The zero-order chi connectivity index (χ0) is 23.2. The van der Waals surface area contributed by atoms with E-state index in [1.165, 1.54) is 5.56 Å². The lowest BCUT2D eigenvalue weighted by Gasteiger charge is -2.20. The molecule has 1 aromatic heterocycles. The maximum absolute atomic E-state index is 13.8. The summed E-state index contributed by atoms with van der Waals surface area (Å²) in [6.07, 6.45) is 0.706. The second-order valence-electron chi connectivity index (χ2n) is 8.10. The van der Waals surface area contributed by atoms with Crippen LogP contribution < -0.4 is 5.43 Å². The summed E-state index contributed by atoms with van der Waals surface area (Å²) in [5.74, 6) is 0.0688. The molecule has 168 valence electrons. The van der Waals surface area contributed by atoms with Crippen molar-refractivity contribution >= 4 is 11.6 Å². The molecule has 0 fully saturated rings. The molecule has 0 spiro atoms. The molecule has 0 saturated heterocycles. The Morgan fingerprint density at radius 3 is 1.94 bits per heavy atom. The Morgan fingerprint density at radius 2 is 1.36 bits per heavy atom. The summed E-state index contributed by atoms with van der Waals surface area (Å²) in [6.45, 7) is 7.45. The van der Waals surface area contributed by atoms with Gasteiger partial charge in [0.15, 0.2) is 0 Å². The maximum atomic E-state index is 13.8. The smallest absolute Gasteiger partial charge is 0.256 e. The standard InChI is InChI=1S/C29H31N3O/c1-4-31(5-2)29(33)27-22(3)32(30-25-19-13-8-14-20-25)26(21-23-15-9-6-10-16-23)28(27)24-17-11-7-12-18-24/h6-20,30H,4-5,21H2,1-3H3. The Morgan fingerprint density at radius 1 is 0.818 bits per heavy atom. The molecule has 4 rings (SSSR count). The number of rotatable bonds is 8. The second-order valence-corrected chi connectivity index (χ2v) is 8.10. The number of aromatic nitrogens is 1.